The van der Waals surface area contributed by atoms with Crippen LogP contribution in [0.15, 0.2) is 24.3 Å². The molecule has 34 heavy (non-hydrogen) atoms. The zero-order valence-corrected chi connectivity index (χ0v) is 22.1. The molecule has 3 heterocycles. The van der Waals surface area contributed by atoms with Crippen LogP contribution in [0.5, 0.6) is 0 Å². The number of amides is 1. The van der Waals surface area contributed by atoms with Crippen molar-refractivity contribution < 1.29 is 4.79 Å². The molecule has 6 heteroatoms. The lowest BCUT2D eigenvalue weighted by Crippen LogP contribution is -2.53. The quantitative estimate of drug-likeness (QED) is 0.543. The van der Waals surface area contributed by atoms with Crippen LogP contribution in [0.3, 0.4) is 0 Å². The summed E-state index contributed by atoms with van der Waals surface area (Å²) in [5.41, 5.74) is 7.72. The molecule has 2 aromatic heterocycles. The number of nitrogens with zero attached hydrogens (tertiary/aromatic N) is 5. The van der Waals surface area contributed by atoms with E-state index in [2.05, 4.69) is 84.6 Å². The Balaban J connectivity index is 1.47. The highest BCUT2D eigenvalue weighted by Gasteiger charge is 2.28. The molecule has 1 fully saturated rings. The van der Waals surface area contributed by atoms with Crippen molar-refractivity contribution in [2.45, 2.75) is 79.8 Å². The molecule has 4 rings (SSSR count). The number of piperazine rings is 1. The van der Waals surface area contributed by atoms with Gasteiger partial charge in [-0.15, -0.1) is 0 Å². The molecule has 182 valence electrons. The second-order valence-electron chi connectivity index (χ2n) is 10.9. The minimum atomic E-state index is -0.132. The topological polar surface area (TPSA) is 54.3 Å². The van der Waals surface area contributed by atoms with Crippen LogP contribution in [-0.4, -0.2) is 51.2 Å². The van der Waals surface area contributed by atoms with Gasteiger partial charge in [-0.25, -0.2) is 9.67 Å². The summed E-state index contributed by atoms with van der Waals surface area (Å²) in [4.78, 5) is 22.6. The number of hydrogen-bond donors (Lipinski definition) is 0. The molecule has 1 atom stereocenters. The van der Waals surface area contributed by atoms with E-state index < -0.39 is 0 Å². The normalized spacial score (nSPS) is 17.0. The van der Waals surface area contributed by atoms with E-state index in [1.54, 1.807) is 0 Å². The first-order valence-corrected chi connectivity index (χ1v) is 12.4. The minimum Gasteiger partial charge on any atom is -0.365 e. The molecule has 0 N–H and O–H groups in total. The number of carbonyl (C=O) groups excluding carboxylic acids is 1. The van der Waals surface area contributed by atoms with Crippen molar-refractivity contribution in [3.63, 3.8) is 0 Å². The molecule has 3 aromatic rings. The number of fused-ring (bicyclic) bond motifs is 1. The Hall–Kier alpha value is -2.89. The smallest absolute Gasteiger partial charge is 0.223 e. The van der Waals surface area contributed by atoms with E-state index >= 15 is 0 Å². The fourth-order valence-corrected chi connectivity index (χ4v) is 5.31. The van der Waals surface area contributed by atoms with Gasteiger partial charge >= 0.3 is 0 Å². The molecular weight excluding hydrogens is 422 g/mol. The van der Waals surface area contributed by atoms with Crippen LogP contribution < -0.4 is 4.90 Å². The summed E-state index contributed by atoms with van der Waals surface area (Å²) in [5.74, 6) is 0.233. The van der Waals surface area contributed by atoms with Gasteiger partial charge in [0.1, 0.15) is 0 Å². The number of rotatable bonds is 4. The van der Waals surface area contributed by atoms with Gasteiger partial charge in [0, 0.05) is 48.9 Å². The molecule has 0 bridgehead atoms. The number of aromatic nitrogens is 3. The molecule has 1 aromatic carbocycles. The zero-order chi connectivity index (χ0) is 24.8. The third-order valence-corrected chi connectivity index (χ3v) is 7.11. The molecule has 1 saturated heterocycles. The summed E-state index contributed by atoms with van der Waals surface area (Å²) in [6, 6.07) is 8.93. The van der Waals surface area contributed by atoms with E-state index in [9.17, 15) is 4.79 Å². The highest BCUT2D eigenvalue weighted by atomic mass is 16.2. The number of hydrogen-bond acceptors (Lipinski definition) is 4. The third kappa shape index (κ3) is 4.55. The maximum atomic E-state index is 13.2. The average molecular weight is 462 g/mol. The predicted molar refractivity (Wildman–Crippen MR) is 140 cm³/mol. The van der Waals surface area contributed by atoms with E-state index in [0.717, 1.165) is 42.1 Å². The number of aryl methyl sites for hydroxylation is 4. The standard InChI is InChI=1S/C28H39N5O/c1-18-10-9-11-23(16-18)32-15-14-31(17-19(32)2)25(34)13-12-24-20(3)26-22(5)30-33(28(6,7)8)27(26)29-21(24)4/h9-11,16,19H,12-15,17H2,1-8H3. The van der Waals surface area contributed by atoms with Crippen LogP contribution in [0, 0.1) is 27.7 Å². The largest absolute Gasteiger partial charge is 0.365 e. The molecule has 6 nitrogen and oxygen atoms in total. The number of carbonyl (C=O) groups is 1. The van der Waals surface area contributed by atoms with Crippen molar-refractivity contribution in [1.29, 1.82) is 0 Å². The molecule has 0 spiro atoms. The summed E-state index contributed by atoms with van der Waals surface area (Å²) >= 11 is 0. The van der Waals surface area contributed by atoms with Gasteiger partial charge in [-0.2, -0.15) is 5.10 Å². The van der Waals surface area contributed by atoms with E-state index in [-0.39, 0.29) is 11.4 Å². The fraction of sp³-hybridized carbons (Fsp3) is 0.536. The van der Waals surface area contributed by atoms with Crippen LogP contribution in [0.2, 0.25) is 0 Å². The first-order chi connectivity index (χ1) is 16.0. The zero-order valence-electron chi connectivity index (χ0n) is 22.1. The van der Waals surface area contributed by atoms with E-state index in [4.69, 9.17) is 10.1 Å². The lowest BCUT2D eigenvalue weighted by Gasteiger charge is -2.41. The van der Waals surface area contributed by atoms with Crippen LogP contribution in [-0.2, 0) is 16.8 Å². The van der Waals surface area contributed by atoms with Gasteiger partial charge in [0.25, 0.3) is 0 Å². The molecule has 1 unspecified atom stereocenters. The number of anilines is 1. The molecular formula is C28H39N5O. The van der Waals surface area contributed by atoms with Crippen molar-refractivity contribution in [3.05, 3.63) is 52.3 Å². The lowest BCUT2D eigenvalue weighted by atomic mass is 9.98. The van der Waals surface area contributed by atoms with Crippen LogP contribution in [0.4, 0.5) is 5.69 Å². The Morgan fingerprint density at radius 1 is 1.09 bits per heavy atom. The molecule has 0 saturated carbocycles. The lowest BCUT2D eigenvalue weighted by molar-refractivity contribution is -0.131. The molecule has 0 radical (unpaired) electrons. The highest BCUT2D eigenvalue weighted by molar-refractivity contribution is 5.84. The first-order valence-electron chi connectivity index (χ1n) is 12.4. The molecule has 1 aliphatic heterocycles. The van der Waals surface area contributed by atoms with Gasteiger partial charge in [0.2, 0.25) is 5.91 Å². The van der Waals surface area contributed by atoms with Gasteiger partial charge in [0.05, 0.1) is 11.2 Å². The van der Waals surface area contributed by atoms with Crippen molar-refractivity contribution in [2.75, 3.05) is 24.5 Å². The molecule has 1 aliphatic rings. The van der Waals surface area contributed by atoms with Crippen molar-refractivity contribution in [1.82, 2.24) is 19.7 Å². The second-order valence-corrected chi connectivity index (χ2v) is 10.9. The number of pyridine rings is 1. The Morgan fingerprint density at radius 3 is 2.47 bits per heavy atom. The SMILES string of the molecule is Cc1cccc(N2CCN(C(=O)CCc3c(C)nc4c(c(C)nn4C(C)(C)C)c3C)CC2C)c1. The molecule has 1 amide bonds. The van der Waals surface area contributed by atoms with Crippen LogP contribution in [0.1, 0.15) is 62.2 Å². The maximum absolute atomic E-state index is 13.2. The highest BCUT2D eigenvalue weighted by Crippen LogP contribution is 2.30. The summed E-state index contributed by atoms with van der Waals surface area (Å²) < 4.78 is 2.03. The summed E-state index contributed by atoms with van der Waals surface area (Å²) in [6.07, 6.45) is 1.23. The summed E-state index contributed by atoms with van der Waals surface area (Å²) in [7, 11) is 0. The predicted octanol–water partition coefficient (Wildman–Crippen LogP) is 5.09. The maximum Gasteiger partial charge on any atom is 0.223 e. The Kier molecular flexibility index (Phi) is 6.45. The van der Waals surface area contributed by atoms with Gasteiger partial charge in [-0.05, 0) is 90.6 Å². The Bertz CT molecular complexity index is 1220. The van der Waals surface area contributed by atoms with Gasteiger partial charge in [-0.3, -0.25) is 4.79 Å². The minimum absolute atomic E-state index is 0.132. The van der Waals surface area contributed by atoms with E-state index in [1.807, 2.05) is 9.58 Å². The summed E-state index contributed by atoms with van der Waals surface area (Å²) in [5, 5.41) is 5.92. The number of benzene rings is 1. The van der Waals surface area contributed by atoms with Crippen molar-refractivity contribution in [2.24, 2.45) is 0 Å². The van der Waals surface area contributed by atoms with Crippen molar-refractivity contribution >= 4 is 22.6 Å². The summed E-state index contributed by atoms with van der Waals surface area (Å²) in [6.45, 7) is 19.5. The van der Waals surface area contributed by atoms with E-state index in [0.29, 0.717) is 18.9 Å². The van der Waals surface area contributed by atoms with Crippen LogP contribution in [0.25, 0.3) is 11.0 Å². The Morgan fingerprint density at radius 2 is 1.82 bits per heavy atom. The molecule has 0 aliphatic carbocycles. The van der Waals surface area contributed by atoms with Gasteiger partial charge in [-0.1, -0.05) is 12.1 Å². The average Bonchev–Trinajstić information content (AvgIpc) is 3.10. The van der Waals surface area contributed by atoms with Gasteiger partial charge in [0.15, 0.2) is 5.65 Å². The fourth-order valence-electron chi connectivity index (χ4n) is 5.31. The van der Waals surface area contributed by atoms with Gasteiger partial charge < -0.3 is 9.80 Å². The van der Waals surface area contributed by atoms with Crippen LogP contribution >= 0.6 is 0 Å². The second kappa shape index (κ2) is 9.05. The van der Waals surface area contributed by atoms with Crippen molar-refractivity contribution in [3.8, 4) is 0 Å². The third-order valence-electron chi connectivity index (χ3n) is 7.11. The monoisotopic (exact) mass is 461 g/mol. The Labute approximate surface area is 204 Å². The first kappa shape index (κ1) is 24.2. The van der Waals surface area contributed by atoms with E-state index in [1.165, 1.54) is 22.4 Å².